The van der Waals surface area contributed by atoms with Crippen LogP contribution in [0.5, 0.6) is 0 Å². The van der Waals surface area contributed by atoms with Crippen molar-refractivity contribution in [1.82, 2.24) is 9.78 Å². The fourth-order valence-electron chi connectivity index (χ4n) is 3.01. The molecule has 6 nitrogen and oxygen atoms in total. The van der Waals surface area contributed by atoms with Crippen LogP contribution in [0, 0.1) is 6.92 Å². The van der Waals surface area contributed by atoms with Crippen LogP contribution >= 0.6 is 0 Å². The molecule has 2 unspecified atom stereocenters. The SMILES string of the molecule is COC(=O)c1c(C)nn2c1NCCC2C1CCCO1. The van der Waals surface area contributed by atoms with Crippen molar-refractivity contribution < 1.29 is 14.3 Å². The largest absolute Gasteiger partial charge is 0.465 e. The first-order chi connectivity index (χ1) is 9.22. The Labute approximate surface area is 112 Å². The molecule has 0 saturated carbocycles. The van der Waals surface area contributed by atoms with Crippen LogP contribution in [0.15, 0.2) is 0 Å². The van der Waals surface area contributed by atoms with Gasteiger partial charge in [0.05, 0.1) is 24.9 Å². The summed E-state index contributed by atoms with van der Waals surface area (Å²) >= 11 is 0. The van der Waals surface area contributed by atoms with E-state index in [0.29, 0.717) is 11.3 Å². The highest BCUT2D eigenvalue weighted by Crippen LogP contribution is 2.35. The molecule has 1 aromatic rings. The van der Waals surface area contributed by atoms with E-state index in [9.17, 15) is 4.79 Å². The minimum Gasteiger partial charge on any atom is -0.465 e. The van der Waals surface area contributed by atoms with Crippen molar-refractivity contribution in [3.8, 4) is 0 Å². The summed E-state index contributed by atoms with van der Waals surface area (Å²) in [6.07, 6.45) is 3.36. The highest BCUT2D eigenvalue weighted by molar-refractivity contribution is 5.96. The van der Waals surface area contributed by atoms with Gasteiger partial charge in [0.2, 0.25) is 0 Å². The van der Waals surface area contributed by atoms with Gasteiger partial charge in [0.1, 0.15) is 11.4 Å². The number of nitrogens with one attached hydrogen (secondary N) is 1. The second-order valence-corrected chi connectivity index (χ2v) is 5.08. The minimum absolute atomic E-state index is 0.214. The van der Waals surface area contributed by atoms with Gasteiger partial charge in [0.25, 0.3) is 0 Å². The third-order valence-corrected chi connectivity index (χ3v) is 3.92. The fraction of sp³-hybridized carbons (Fsp3) is 0.692. The summed E-state index contributed by atoms with van der Waals surface area (Å²) in [5.74, 6) is 0.440. The molecule has 1 N–H and O–H groups in total. The van der Waals surface area contributed by atoms with E-state index >= 15 is 0 Å². The zero-order chi connectivity index (χ0) is 13.4. The van der Waals surface area contributed by atoms with Gasteiger partial charge in [-0.1, -0.05) is 0 Å². The van der Waals surface area contributed by atoms with Gasteiger partial charge in [0.15, 0.2) is 0 Å². The lowest BCUT2D eigenvalue weighted by atomic mass is 10.0. The van der Waals surface area contributed by atoms with Gasteiger partial charge < -0.3 is 14.8 Å². The van der Waals surface area contributed by atoms with Gasteiger partial charge in [-0.2, -0.15) is 5.10 Å². The van der Waals surface area contributed by atoms with E-state index in [2.05, 4.69) is 10.4 Å². The average molecular weight is 265 g/mol. The second kappa shape index (κ2) is 4.85. The molecule has 0 radical (unpaired) electrons. The number of carbonyl (C=O) groups is 1. The molecule has 1 fully saturated rings. The zero-order valence-corrected chi connectivity index (χ0v) is 11.3. The van der Waals surface area contributed by atoms with E-state index in [1.807, 2.05) is 11.6 Å². The van der Waals surface area contributed by atoms with Crippen LogP contribution in [-0.2, 0) is 9.47 Å². The molecule has 0 spiro atoms. The van der Waals surface area contributed by atoms with Crippen LogP contribution in [0.25, 0.3) is 0 Å². The minimum atomic E-state index is -0.334. The Hall–Kier alpha value is -1.56. The van der Waals surface area contributed by atoms with Crippen molar-refractivity contribution >= 4 is 11.8 Å². The number of aryl methyl sites for hydroxylation is 1. The molecule has 1 aromatic heterocycles. The molecule has 0 amide bonds. The summed E-state index contributed by atoms with van der Waals surface area (Å²) in [6, 6.07) is 0.218. The molecule has 3 heterocycles. The maximum atomic E-state index is 11.8. The molecule has 0 bridgehead atoms. The van der Waals surface area contributed by atoms with Gasteiger partial charge in [0, 0.05) is 13.2 Å². The molecule has 0 aliphatic carbocycles. The third-order valence-electron chi connectivity index (χ3n) is 3.92. The highest BCUT2D eigenvalue weighted by Gasteiger charge is 2.35. The average Bonchev–Trinajstić information content (AvgIpc) is 3.03. The van der Waals surface area contributed by atoms with Gasteiger partial charge in [-0.25, -0.2) is 9.48 Å². The first-order valence-electron chi connectivity index (χ1n) is 6.75. The maximum absolute atomic E-state index is 11.8. The maximum Gasteiger partial charge on any atom is 0.343 e. The lowest BCUT2D eigenvalue weighted by molar-refractivity contribution is 0.0576. The number of methoxy groups -OCH3 is 1. The predicted molar refractivity (Wildman–Crippen MR) is 69.4 cm³/mol. The summed E-state index contributed by atoms with van der Waals surface area (Å²) in [7, 11) is 1.40. The molecule has 2 aliphatic heterocycles. The van der Waals surface area contributed by atoms with Gasteiger partial charge in [-0.3, -0.25) is 0 Å². The molecule has 6 heteroatoms. The number of hydrogen-bond donors (Lipinski definition) is 1. The number of fused-ring (bicyclic) bond motifs is 1. The Morgan fingerprint density at radius 1 is 1.53 bits per heavy atom. The first kappa shape index (κ1) is 12.5. The molecule has 3 rings (SSSR count). The third kappa shape index (κ3) is 2.00. The number of esters is 1. The lowest BCUT2D eigenvalue weighted by Gasteiger charge is -2.29. The van der Waals surface area contributed by atoms with E-state index in [0.717, 1.165) is 38.2 Å². The Kier molecular flexibility index (Phi) is 3.18. The Morgan fingerprint density at radius 3 is 3.05 bits per heavy atom. The molecule has 0 aromatic carbocycles. The summed E-state index contributed by atoms with van der Waals surface area (Å²) in [6.45, 7) is 3.50. The summed E-state index contributed by atoms with van der Waals surface area (Å²) in [4.78, 5) is 11.8. The van der Waals surface area contributed by atoms with Crippen molar-refractivity contribution in [2.24, 2.45) is 0 Å². The number of rotatable bonds is 2. The smallest absolute Gasteiger partial charge is 0.343 e. The summed E-state index contributed by atoms with van der Waals surface area (Å²) in [5, 5.41) is 7.78. The number of nitrogens with zero attached hydrogens (tertiary/aromatic N) is 2. The van der Waals surface area contributed by atoms with Crippen LogP contribution in [0.1, 0.15) is 41.4 Å². The first-order valence-corrected chi connectivity index (χ1v) is 6.75. The van der Waals surface area contributed by atoms with Gasteiger partial charge in [-0.15, -0.1) is 0 Å². The van der Waals surface area contributed by atoms with Crippen molar-refractivity contribution in [3.63, 3.8) is 0 Å². The monoisotopic (exact) mass is 265 g/mol. The summed E-state index contributed by atoms with van der Waals surface area (Å²) in [5.41, 5.74) is 1.25. The van der Waals surface area contributed by atoms with Crippen molar-refractivity contribution in [2.45, 2.75) is 38.3 Å². The number of ether oxygens (including phenoxy) is 2. The van der Waals surface area contributed by atoms with Crippen molar-refractivity contribution in [3.05, 3.63) is 11.3 Å². The van der Waals surface area contributed by atoms with Crippen LogP contribution < -0.4 is 5.32 Å². The highest BCUT2D eigenvalue weighted by atomic mass is 16.5. The lowest BCUT2D eigenvalue weighted by Crippen LogP contribution is -2.32. The molecule has 104 valence electrons. The molecule has 1 saturated heterocycles. The molecule has 19 heavy (non-hydrogen) atoms. The van der Waals surface area contributed by atoms with Crippen molar-refractivity contribution in [2.75, 3.05) is 25.6 Å². The summed E-state index contributed by atoms with van der Waals surface area (Å²) < 4.78 is 12.5. The Bertz CT molecular complexity index is 492. The number of anilines is 1. The molecular formula is C13H19N3O3. The Morgan fingerprint density at radius 2 is 2.37 bits per heavy atom. The number of carbonyl (C=O) groups excluding carboxylic acids is 1. The zero-order valence-electron chi connectivity index (χ0n) is 11.3. The molecule has 2 atom stereocenters. The van der Waals surface area contributed by atoms with E-state index in [-0.39, 0.29) is 18.1 Å². The normalized spacial score (nSPS) is 25.8. The van der Waals surface area contributed by atoms with Crippen LogP contribution in [0.3, 0.4) is 0 Å². The predicted octanol–water partition coefficient (Wildman–Crippen LogP) is 1.51. The Balaban J connectivity index is 1.99. The van der Waals surface area contributed by atoms with Crippen LogP contribution in [0.2, 0.25) is 0 Å². The molecular weight excluding hydrogens is 246 g/mol. The number of hydrogen-bond acceptors (Lipinski definition) is 5. The fourth-order valence-corrected chi connectivity index (χ4v) is 3.01. The molecule has 2 aliphatic rings. The van der Waals surface area contributed by atoms with E-state index in [4.69, 9.17) is 9.47 Å². The van der Waals surface area contributed by atoms with E-state index < -0.39 is 0 Å². The standard InChI is InChI=1S/C13H19N3O3/c1-8-11(13(17)18-2)12-14-6-5-9(16(12)15-8)10-4-3-7-19-10/h9-10,14H,3-7H2,1-2H3. The quantitative estimate of drug-likeness (QED) is 0.821. The number of aromatic nitrogens is 2. The topological polar surface area (TPSA) is 65.4 Å². The van der Waals surface area contributed by atoms with Gasteiger partial charge in [-0.05, 0) is 26.2 Å². The van der Waals surface area contributed by atoms with E-state index in [1.54, 1.807) is 0 Å². The van der Waals surface area contributed by atoms with E-state index in [1.165, 1.54) is 7.11 Å². The van der Waals surface area contributed by atoms with Gasteiger partial charge >= 0.3 is 5.97 Å². The van der Waals surface area contributed by atoms with Crippen LogP contribution in [0.4, 0.5) is 5.82 Å². The van der Waals surface area contributed by atoms with Crippen molar-refractivity contribution in [1.29, 1.82) is 0 Å². The second-order valence-electron chi connectivity index (χ2n) is 5.08. The van der Waals surface area contributed by atoms with Crippen LogP contribution in [-0.4, -0.2) is 42.1 Å².